The minimum Gasteiger partial charge on any atom is -0.395 e. The number of halogens is 1. The summed E-state index contributed by atoms with van der Waals surface area (Å²) in [7, 11) is 0. The summed E-state index contributed by atoms with van der Waals surface area (Å²) in [4.78, 5) is 2.47. The van der Waals surface area contributed by atoms with E-state index in [9.17, 15) is 0 Å². The van der Waals surface area contributed by atoms with Gasteiger partial charge >= 0.3 is 0 Å². The molecule has 72 valence electrons. The molecule has 1 aliphatic carbocycles. The van der Waals surface area contributed by atoms with Crippen LogP contribution in [0.5, 0.6) is 0 Å². The van der Waals surface area contributed by atoms with Crippen molar-refractivity contribution in [1.82, 2.24) is 4.90 Å². The summed E-state index contributed by atoms with van der Waals surface area (Å²) in [6.07, 6.45) is 5.35. The number of nitrogens with zero attached hydrogens (tertiary/aromatic N) is 1. The van der Waals surface area contributed by atoms with Gasteiger partial charge in [-0.2, -0.15) is 0 Å². The van der Waals surface area contributed by atoms with Gasteiger partial charge in [0.25, 0.3) is 0 Å². The fourth-order valence-electron chi connectivity index (χ4n) is 1.97. The lowest BCUT2D eigenvalue weighted by molar-refractivity contribution is 0.154. The summed E-state index contributed by atoms with van der Waals surface area (Å²) in [5.41, 5.74) is 0. The largest absolute Gasteiger partial charge is 0.395 e. The fourth-order valence-corrected chi connectivity index (χ4v) is 1.97. The first-order valence-corrected chi connectivity index (χ1v) is 4.75. The smallest absolute Gasteiger partial charge is 0.0586 e. The third kappa shape index (κ3) is 2.35. The molecule has 0 aromatic heterocycles. The van der Waals surface area contributed by atoms with Crippen molar-refractivity contribution in [2.45, 2.75) is 31.7 Å². The van der Waals surface area contributed by atoms with Crippen LogP contribution in [-0.4, -0.2) is 35.7 Å². The molecule has 0 radical (unpaired) electrons. The van der Waals surface area contributed by atoms with Gasteiger partial charge in [-0.1, -0.05) is 0 Å². The Labute approximate surface area is 80.4 Å². The zero-order chi connectivity index (χ0) is 7.68. The predicted octanol–water partition coefficient (Wildman–Crippen LogP) is 1.27. The molecule has 2 fully saturated rings. The molecule has 2 nitrogen and oxygen atoms in total. The maximum Gasteiger partial charge on any atom is 0.0586 e. The lowest BCUT2D eigenvalue weighted by Gasteiger charge is -2.21. The van der Waals surface area contributed by atoms with E-state index in [0.29, 0.717) is 12.6 Å². The quantitative estimate of drug-likeness (QED) is 0.727. The first-order chi connectivity index (χ1) is 5.40. The minimum absolute atomic E-state index is 0. The Kier molecular flexibility index (Phi) is 3.81. The van der Waals surface area contributed by atoms with Crippen molar-refractivity contribution < 1.29 is 5.11 Å². The average Bonchev–Trinajstić information content (AvgIpc) is 2.68. The summed E-state index contributed by atoms with van der Waals surface area (Å²) in [5.74, 6) is 0.974. The first kappa shape index (κ1) is 10.3. The highest BCUT2D eigenvalue weighted by molar-refractivity contribution is 5.85. The highest BCUT2D eigenvalue weighted by Gasteiger charge is 2.30. The molecule has 1 unspecified atom stereocenters. The highest BCUT2D eigenvalue weighted by atomic mass is 35.5. The van der Waals surface area contributed by atoms with Gasteiger partial charge in [0.2, 0.25) is 0 Å². The van der Waals surface area contributed by atoms with Crippen molar-refractivity contribution >= 4 is 12.4 Å². The van der Waals surface area contributed by atoms with Crippen molar-refractivity contribution in [3.63, 3.8) is 0 Å². The monoisotopic (exact) mass is 191 g/mol. The third-order valence-electron chi connectivity index (χ3n) is 2.90. The molecule has 2 rings (SSSR count). The van der Waals surface area contributed by atoms with Crippen LogP contribution < -0.4 is 0 Å². The molecular weight excluding hydrogens is 174 g/mol. The molecule has 0 amide bonds. The van der Waals surface area contributed by atoms with Crippen LogP contribution in [0.15, 0.2) is 0 Å². The van der Waals surface area contributed by atoms with Crippen LogP contribution in [-0.2, 0) is 0 Å². The van der Waals surface area contributed by atoms with E-state index in [2.05, 4.69) is 4.90 Å². The molecule has 1 N–H and O–H groups in total. The van der Waals surface area contributed by atoms with Crippen molar-refractivity contribution in [3.05, 3.63) is 0 Å². The Morgan fingerprint density at radius 3 is 2.58 bits per heavy atom. The van der Waals surface area contributed by atoms with E-state index in [1.165, 1.54) is 38.8 Å². The Bertz CT molecular complexity index is 138. The van der Waals surface area contributed by atoms with Crippen molar-refractivity contribution in [3.8, 4) is 0 Å². The summed E-state index contributed by atoms with van der Waals surface area (Å²) < 4.78 is 0. The topological polar surface area (TPSA) is 23.5 Å². The van der Waals surface area contributed by atoms with Gasteiger partial charge in [-0.15, -0.1) is 12.4 Å². The Morgan fingerprint density at radius 2 is 2.00 bits per heavy atom. The van der Waals surface area contributed by atoms with E-state index < -0.39 is 0 Å². The van der Waals surface area contributed by atoms with E-state index in [-0.39, 0.29) is 12.4 Å². The number of aliphatic hydroxyl groups is 1. The number of hydrogen-bond acceptors (Lipinski definition) is 2. The van der Waals surface area contributed by atoms with Crippen LogP contribution in [0, 0.1) is 5.92 Å². The zero-order valence-electron chi connectivity index (χ0n) is 7.41. The van der Waals surface area contributed by atoms with Crippen molar-refractivity contribution in [1.29, 1.82) is 0 Å². The summed E-state index contributed by atoms with van der Waals surface area (Å²) >= 11 is 0. The summed E-state index contributed by atoms with van der Waals surface area (Å²) in [5, 5.41) is 9.03. The molecule has 0 aromatic rings. The molecule has 12 heavy (non-hydrogen) atoms. The summed E-state index contributed by atoms with van der Waals surface area (Å²) in [6.45, 7) is 2.85. The zero-order valence-corrected chi connectivity index (χ0v) is 8.22. The van der Waals surface area contributed by atoms with E-state index in [1.54, 1.807) is 0 Å². The average molecular weight is 192 g/mol. The Morgan fingerprint density at radius 1 is 1.25 bits per heavy atom. The molecule has 0 spiro atoms. The van der Waals surface area contributed by atoms with Gasteiger partial charge in [0.15, 0.2) is 0 Å². The Balaban J connectivity index is 0.000000720. The van der Waals surface area contributed by atoms with Crippen LogP contribution in [0.25, 0.3) is 0 Å². The number of hydrogen-bond donors (Lipinski definition) is 1. The molecule has 1 heterocycles. The second-order valence-electron chi connectivity index (χ2n) is 3.92. The van der Waals surface area contributed by atoms with E-state index >= 15 is 0 Å². The van der Waals surface area contributed by atoms with E-state index in [0.717, 1.165) is 5.92 Å². The molecule has 3 heteroatoms. The molecule has 0 aromatic carbocycles. The van der Waals surface area contributed by atoms with Gasteiger partial charge in [0.1, 0.15) is 0 Å². The maximum atomic E-state index is 9.03. The molecular formula is C9H18ClNO. The normalized spacial score (nSPS) is 30.2. The van der Waals surface area contributed by atoms with Crippen LogP contribution >= 0.6 is 12.4 Å². The van der Waals surface area contributed by atoms with Gasteiger partial charge in [-0.25, -0.2) is 0 Å². The molecule has 1 saturated heterocycles. The van der Waals surface area contributed by atoms with Gasteiger partial charge in [0, 0.05) is 12.6 Å². The van der Waals surface area contributed by atoms with Gasteiger partial charge in [0.05, 0.1) is 6.61 Å². The first-order valence-electron chi connectivity index (χ1n) is 4.75. The number of rotatable bonds is 3. The van der Waals surface area contributed by atoms with E-state index in [4.69, 9.17) is 5.11 Å². The minimum atomic E-state index is 0. The van der Waals surface area contributed by atoms with Crippen LogP contribution in [0.4, 0.5) is 0 Å². The maximum absolute atomic E-state index is 9.03. The van der Waals surface area contributed by atoms with Gasteiger partial charge < -0.3 is 5.11 Å². The lowest BCUT2D eigenvalue weighted by Crippen LogP contribution is -2.33. The standard InChI is InChI=1S/C9H17NO.ClH/c11-7-9-2-1-5-10(9)6-8-3-4-8;/h8-9,11H,1-7H2;1H. The number of likely N-dealkylation sites (tertiary alicyclic amines) is 1. The van der Waals surface area contributed by atoms with E-state index in [1.807, 2.05) is 0 Å². The number of aliphatic hydroxyl groups excluding tert-OH is 1. The lowest BCUT2D eigenvalue weighted by atomic mass is 10.2. The molecule has 2 aliphatic rings. The van der Waals surface area contributed by atoms with Crippen LogP contribution in [0.1, 0.15) is 25.7 Å². The Hall–Kier alpha value is 0.210. The third-order valence-corrected chi connectivity index (χ3v) is 2.90. The second kappa shape index (κ2) is 4.45. The van der Waals surface area contributed by atoms with Gasteiger partial charge in [-0.3, -0.25) is 4.90 Å². The molecule has 1 saturated carbocycles. The molecule has 0 bridgehead atoms. The second-order valence-corrected chi connectivity index (χ2v) is 3.92. The van der Waals surface area contributed by atoms with Crippen molar-refractivity contribution in [2.75, 3.05) is 19.7 Å². The molecule has 1 atom stereocenters. The fraction of sp³-hybridized carbons (Fsp3) is 1.00. The van der Waals surface area contributed by atoms with Crippen LogP contribution in [0.2, 0.25) is 0 Å². The highest BCUT2D eigenvalue weighted by Crippen LogP contribution is 2.32. The molecule has 1 aliphatic heterocycles. The predicted molar refractivity (Wildman–Crippen MR) is 51.7 cm³/mol. The SMILES string of the molecule is Cl.OCC1CCCN1CC1CC1. The summed E-state index contributed by atoms with van der Waals surface area (Å²) in [6, 6.07) is 0.496. The van der Waals surface area contributed by atoms with Crippen LogP contribution in [0.3, 0.4) is 0 Å². The van der Waals surface area contributed by atoms with Crippen molar-refractivity contribution in [2.24, 2.45) is 5.92 Å². The van der Waals surface area contributed by atoms with Gasteiger partial charge in [-0.05, 0) is 38.1 Å².